The largest absolute Gasteiger partial charge is 0.851 e. The zero-order valence-electron chi connectivity index (χ0n) is 28.1. The Balaban J connectivity index is 0.989. The van der Waals surface area contributed by atoms with E-state index in [-0.39, 0.29) is 14.0 Å². The van der Waals surface area contributed by atoms with Gasteiger partial charge in [-0.05, 0) is 78.3 Å². The Bertz CT molecular complexity index is 2550. The van der Waals surface area contributed by atoms with Gasteiger partial charge in [0.25, 0.3) is 0 Å². The molecule has 0 amide bonds. The van der Waals surface area contributed by atoms with Crippen LogP contribution in [0.3, 0.4) is 0 Å². The summed E-state index contributed by atoms with van der Waals surface area (Å²) in [5.41, 5.74) is 7.61. The zero-order chi connectivity index (χ0) is 34.5. The van der Waals surface area contributed by atoms with E-state index in [1.54, 1.807) is 0 Å². The lowest BCUT2D eigenvalue weighted by atomic mass is 9.59. The van der Waals surface area contributed by atoms with E-state index in [0.717, 1.165) is 87.9 Å². The number of hydrogen-bond donors (Lipinski definition) is 4. The van der Waals surface area contributed by atoms with Crippen LogP contribution in [-0.2, 0) is 0 Å². The first-order valence-electron chi connectivity index (χ1n) is 18.1. The molecule has 1 aliphatic carbocycles. The summed E-state index contributed by atoms with van der Waals surface area (Å²) in [5.74, 6) is -1.38. The second-order valence-corrected chi connectivity index (χ2v) is 14.4. The van der Waals surface area contributed by atoms with Crippen LogP contribution in [0.2, 0.25) is 0 Å². The van der Waals surface area contributed by atoms with Crippen molar-refractivity contribution in [3.8, 4) is 0 Å². The van der Waals surface area contributed by atoms with E-state index < -0.39 is 24.0 Å². The summed E-state index contributed by atoms with van der Waals surface area (Å²) in [5, 5.41) is 53.1. The zero-order valence-corrected chi connectivity index (χ0v) is 28.1. The summed E-state index contributed by atoms with van der Waals surface area (Å²) >= 11 is 0. The van der Waals surface area contributed by atoms with Crippen molar-refractivity contribution >= 4 is 90.7 Å². The average molecular weight is 670 g/mol. The Morgan fingerprint density at radius 2 is 0.788 bits per heavy atom. The van der Waals surface area contributed by atoms with Gasteiger partial charge in [0.15, 0.2) is 0 Å². The number of hydrogen-bond acceptors (Lipinski definition) is 6. The molecule has 1 saturated carbocycles. The molecule has 0 radical (unpaired) electrons. The molecule has 11 rings (SSSR count). The highest BCUT2D eigenvalue weighted by Gasteiger charge is 2.43. The summed E-state index contributed by atoms with van der Waals surface area (Å²) in [7, 11) is 0. The van der Waals surface area contributed by atoms with E-state index in [0.29, 0.717) is 0 Å². The van der Waals surface area contributed by atoms with Crippen molar-refractivity contribution in [2.45, 2.75) is 24.0 Å². The maximum atomic E-state index is 14.6. The fourth-order valence-electron chi connectivity index (χ4n) is 9.27. The first-order valence-corrected chi connectivity index (χ1v) is 18.1. The lowest BCUT2D eigenvalue weighted by Crippen LogP contribution is -2.64. The lowest BCUT2D eigenvalue weighted by Gasteiger charge is -2.62. The minimum atomic E-state index is -1.11. The van der Waals surface area contributed by atoms with Crippen LogP contribution >= 0.6 is 0 Å². The first-order chi connectivity index (χ1) is 25.6. The molecule has 3 aliphatic rings. The van der Waals surface area contributed by atoms with Crippen molar-refractivity contribution < 1.29 is 10.2 Å². The van der Waals surface area contributed by atoms with Crippen molar-refractivity contribution in [3.05, 3.63) is 157 Å². The van der Waals surface area contributed by atoms with Gasteiger partial charge < -0.3 is 31.1 Å². The molecule has 2 aliphatic heterocycles. The van der Waals surface area contributed by atoms with Crippen LogP contribution in [-0.4, -0.2) is 26.2 Å². The quantitative estimate of drug-likeness (QED) is 0.169. The van der Waals surface area contributed by atoms with Crippen LogP contribution in [0.15, 0.2) is 146 Å². The van der Waals surface area contributed by atoms with Crippen molar-refractivity contribution in [3.63, 3.8) is 0 Å². The number of benzene rings is 8. The molecule has 0 bridgehead atoms. The van der Waals surface area contributed by atoms with Gasteiger partial charge in [-0.25, -0.2) is 0 Å². The normalized spacial score (nSPS) is 20.3. The van der Waals surface area contributed by atoms with Crippen LogP contribution in [0.4, 0.5) is 22.7 Å². The van der Waals surface area contributed by atoms with Crippen LogP contribution in [0.5, 0.6) is 0 Å². The molecule has 0 aromatic heterocycles. The summed E-state index contributed by atoms with van der Waals surface area (Å²) in [6, 6.07) is 50.0. The van der Waals surface area contributed by atoms with Gasteiger partial charge in [-0.1, -0.05) is 133 Å². The molecule has 8 heteroatoms. The second-order valence-electron chi connectivity index (χ2n) is 14.4. The van der Waals surface area contributed by atoms with Crippen molar-refractivity contribution in [2.75, 3.05) is 20.9 Å². The van der Waals surface area contributed by atoms with E-state index in [4.69, 9.17) is 0 Å². The van der Waals surface area contributed by atoms with E-state index in [9.17, 15) is 10.2 Å². The lowest BCUT2D eigenvalue weighted by molar-refractivity contribution is -0.535. The maximum Gasteiger partial charge on any atom is 0.406 e. The van der Waals surface area contributed by atoms with Crippen molar-refractivity contribution in [1.82, 2.24) is 0 Å². The third-order valence-corrected chi connectivity index (χ3v) is 11.7. The Labute approximate surface area is 301 Å². The highest BCUT2D eigenvalue weighted by Crippen LogP contribution is 2.53. The summed E-state index contributed by atoms with van der Waals surface area (Å²) in [4.78, 5) is 0. The van der Waals surface area contributed by atoms with Crippen molar-refractivity contribution in [1.29, 1.82) is 0 Å². The van der Waals surface area contributed by atoms with Crippen LogP contribution in [0.25, 0.3) is 43.1 Å². The highest BCUT2D eigenvalue weighted by atomic mass is 16.3. The van der Waals surface area contributed by atoms with Gasteiger partial charge in [0.1, 0.15) is 0 Å². The topological polar surface area (TPSA) is 94.2 Å². The summed E-state index contributed by atoms with van der Waals surface area (Å²) in [6.45, 7) is -0.468. The molecule has 0 saturated heterocycles. The van der Waals surface area contributed by atoms with Crippen LogP contribution < -0.4 is 42.0 Å². The SMILES string of the molecule is [O-]C1C(c2ccc3cccc4c3c2NB(c2cccc3ccccc23)N4)C([O-])C1c1ccc2cccc3c2c1NB(c1cccc2ccccc12)N3. The maximum absolute atomic E-state index is 14.6. The minimum Gasteiger partial charge on any atom is -0.851 e. The Kier molecular flexibility index (Phi) is 6.45. The standard InChI is InChI=1S/C44H32B2N4O2/c51-43-39(31-23-21-27-13-7-19-35-37(27)41(31)49-45(47-35)33-17-5-11-25-9-1-3-15-29(25)33)44(52)40(43)32-24-22-28-14-8-20-36-38(28)42(32)50-46(48-36)34-18-6-12-26-10-2-4-16-30(26)34/h1-24,39-40,43-44,47-50H/q-2. The Morgan fingerprint density at radius 3 is 1.27 bits per heavy atom. The Hall–Kier alpha value is -5.95. The highest BCUT2D eigenvalue weighted by molar-refractivity contribution is 6.82. The minimum absolute atomic E-state index is 0.234. The molecule has 4 N–H and O–H groups in total. The molecule has 52 heavy (non-hydrogen) atoms. The smallest absolute Gasteiger partial charge is 0.406 e. The monoisotopic (exact) mass is 670 g/mol. The third-order valence-electron chi connectivity index (χ3n) is 11.7. The second kappa shape index (κ2) is 11.3. The van der Waals surface area contributed by atoms with Gasteiger partial charge in [0.05, 0.1) is 0 Å². The molecule has 8 aromatic carbocycles. The molecule has 248 valence electrons. The van der Waals surface area contributed by atoms with Gasteiger partial charge in [0, 0.05) is 33.5 Å². The number of rotatable bonds is 4. The predicted molar refractivity (Wildman–Crippen MR) is 214 cm³/mol. The molecule has 8 aromatic rings. The van der Waals surface area contributed by atoms with E-state index in [1.165, 1.54) is 0 Å². The van der Waals surface area contributed by atoms with Crippen LogP contribution in [0.1, 0.15) is 23.0 Å². The first kappa shape index (κ1) is 29.7. The molecule has 1 fully saturated rings. The molecule has 2 heterocycles. The predicted octanol–water partition coefficient (Wildman–Crippen LogP) is 6.10. The Morgan fingerprint density at radius 1 is 0.385 bits per heavy atom. The number of fused-ring (bicyclic) bond motifs is 2. The average Bonchev–Trinajstić information content (AvgIpc) is 3.19. The molecule has 6 nitrogen and oxygen atoms in total. The van der Waals surface area contributed by atoms with Gasteiger partial charge in [-0.15, -0.1) is 12.2 Å². The van der Waals surface area contributed by atoms with Gasteiger partial charge in [0.2, 0.25) is 0 Å². The van der Waals surface area contributed by atoms with Gasteiger partial charge >= 0.3 is 14.0 Å². The summed E-state index contributed by atoms with van der Waals surface area (Å²) in [6.07, 6.45) is -2.21. The fourth-order valence-corrected chi connectivity index (χ4v) is 9.27. The third kappa shape index (κ3) is 4.28. The molecular formula is C44H32B2N4O2-2. The van der Waals surface area contributed by atoms with E-state index in [1.807, 2.05) is 12.1 Å². The number of anilines is 4. The van der Waals surface area contributed by atoms with Crippen LogP contribution in [0, 0.1) is 0 Å². The summed E-state index contributed by atoms with van der Waals surface area (Å²) < 4.78 is 0. The molecule has 0 spiro atoms. The van der Waals surface area contributed by atoms with E-state index in [2.05, 4.69) is 154 Å². The molecule has 0 unspecified atom stereocenters. The fraction of sp³-hybridized carbons (Fsp3) is 0.0909. The van der Waals surface area contributed by atoms with Gasteiger partial charge in [-0.3, -0.25) is 0 Å². The molecule has 0 atom stereocenters. The van der Waals surface area contributed by atoms with Crippen molar-refractivity contribution in [2.24, 2.45) is 0 Å². The van der Waals surface area contributed by atoms with E-state index >= 15 is 0 Å². The molecular weight excluding hydrogens is 638 g/mol. The number of nitrogens with one attached hydrogen (secondary N) is 4. The van der Waals surface area contributed by atoms with Gasteiger partial charge in [-0.2, -0.15) is 0 Å².